The maximum atomic E-state index is 12.6. The van der Waals surface area contributed by atoms with Crippen LogP contribution in [-0.2, 0) is 20.8 Å². The largest absolute Gasteiger partial charge is 0.339 e. The Morgan fingerprint density at radius 3 is 2.17 bits per heavy atom. The molecule has 9 heteroatoms. The number of nitrogens with zero attached hydrogens (tertiary/aromatic N) is 4. The van der Waals surface area contributed by atoms with Crippen LogP contribution in [0.2, 0.25) is 0 Å². The normalized spacial score (nSPS) is 18.8. The van der Waals surface area contributed by atoms with Gasteiger partial charge in [-0.05, 0) is 25.0 Å². The monoisotopic (exact) mass is 401 g/mol. The van der Waals surface area contributed by atoms with Gasteiger partial charge >= 0.3 is 6.03 Å². The Bertz CT molecular complexity index is 785. The summed E-state index contributed by atoms with van der Waals surface area (Å²) >= 11 is 0. The maximum absolute atomic E-state index is 12.6. The Morgan fingerprint density at radius 2 is 1.66 bits per heavy atom. The topological polar surface area (TPSA) is 103 Å². The van der Waals surface area contributed by atoms with E-state index in [2.05, 4.69) is 10.3 Å². The van der Waals surface area contributed by atoms with Gasteiger partial charge in [0, 0.05) is 38.1 Å². The first-order chi connectivity index (χ1) is 13.9. The van der Waals surface area contributed by atoms with Crippen molar-refractivity contribution in [1.29, 1.82) is 0 Å². The van der Waals surface area contributed by atoms with Crippen LogP contribution in [0.25, 0.3) is 0 Å². The van der Waals surface area contributed by atoms with E-state index in [1.165, 1.54) is 0 Å². The Hall–Kier alpha value is -2.97. The van der Waals surface area contributed by atoms with E-state index in [1.807, 2.05) is 26.0 Å². The Morgan fingerprint density at radius 1 is 1.03 bits per heavy atom. The Kier molecular flexibility index (Phi) is 6.14. The van der Waals surface area contributed by atoms with Crippen molar-refractivity contribution in [3.05, 3.63) is 30.1 Å². The van der Waals surface area contributed by atoms with Gasteiger partial charge in [0.05, 0.1) is 6.42 Å². The van der Waals surface area contributed by atoms with E-state index < -0.39 is 11.6 Å². The quantitative estimate of drug-likeness (QED) is 0.696. The lowest BCUT2D eigenvalue weighted by atomic mass is 9.93. The van der Waals surface area contributed by atoms with Crippen LogP contribution >= 0.6 is 0 Å². The highest BCUT2D eigenvalue weighted by molar-refractivity contribution is 6.09. The fourth-order valence-corrected chi connectivity index (χ4v) is 3.76. The van der Waals surface area contributed by atoms with Crippen molar-refractivity contribution in [1.82, 2.24) is 25.0 Å². The van der Waals surface area contributed by atoms with E-state index in [0.717, 1.165) is 4.90 Å². The van der Waals surface area contributed by atoms with Crippen molar-refractivity contribution < 1.29 is 19.2 Å². The highest BCUT2D eigenvalue weighted by Gasteiger charge is 2.49. The summed E-state index contributed by atoms with van der Waals surface area (Å²) in [7, 11) is 0. The molecule has 0 unspecified atom stereocenters. The lowest BCUT2D eigenvalue weighted by molar-refractivity contribution is -0.142. The average Bonchev–Trinajstić information content (AvgIpc) is 2.99. The number of carbonyl (C=O) groups excluding carboxylic acids is 4. The van der Waals surface area contributed by atoms with Gasteiger partial charge in [-0.3, -0.25) is 24.3 Å². The predicted molar refractivity (Wildman–Crippen MR) is 105 cm³/mol. The number of piperazine rings is 1. The molecule has 2 aliphatic rings. The van der Waals surface area contributed by atoms with Crippen LogP contribution in [0.1, 0.15) is 32.4 Å². The highest BCUT2D eigenvalue weighted by atomic mass is 16.2. The number of amides is 5. The first kappa shape index (κ1) is 20.8. The van der Waals surface area contributed by atoms with Crippen molar-refractivity contribution in [3.63, 3.8) is 0 Å². The third-order valence-corrected chi connectivity index (χ3v) is 5.79. The predicted octanol–water partition coefficient (Wildman–Crippen LogP) is 0.406. The zero-order valence-electron chi connectivity index (χ0n) is 16.9. The maximum Gasteiger partial charge on any atom is 0.325 e. The summed E-state index contributed by atoms with van der Waals surface area (Å²) < 4.78 is 0. The molecule has 2 aliphatic heterocycles. The molecule has 3 rings (SSSR count). The number of nitrogens with one attached hydrogen (secondary N) is 1. The molecule has 1 aromatic rings. The van der Waals surface area contributed by atoms with Crippen LogP contribution in [0.15, 0.2) is 24.4 Å². The van der Waals surface area contributed by atoms with Gasteiger partial charge in [0.25, 0.3) is 5.91 Å². The summed E-state index contributed by atoms with van der Waals surface area (Å²) in [6, 6.07) is 4.93. The summed E-state index contributed by atoms with van der Waals surface area (Å²) in [5, 5.41) is 2.73. The molecule has 2 fully saturated rings. The van der Waals surface area contributed by atoms with E-state index in [1.54, 1.807) is 22.1 Å². The molecule has 1 aromatic heterocycles. The molecule has 0 spiro atoms. The zero-order valence-corrected chi connectivity index (χ0v) is 16.9. The van der Waals surface area contributed by atoms with Crippen LogP contribution in [0.5, 0.6) is 0 Å². The van der Waals surface area contributed by atoms with Gasteiger partial charge in [0.1, 0.15) is 12.1 Å². The number of pyridine rings is 1. The molecule has 0 bridgehead atoms. The second-order valence-corrected chi connectivity index (χ2v) is 7.37. The lowest BCUT2D eigenvalue weighted by Crippen LogP contribution is -2.53. The summed E-state index contributed by atoms with van der Waals surface area (Å²) in [5.41, 5.74) is -0.196. The van der Waals surface area contributed by atoms with Crippen LogP contribution in [0.4, 0.5) is 4.79 Å². The van der Waals surface area contributed by atoms with E-state index in [4.69, 9.17) is 0 Å². The summed E-state index contributed by atoms with van der Waals surface area (Å²) in [4.78, 5) is 58.4. The van der Waals surface area contributed by atoms with Gasteiger partial charge in [-0.15, -0.1) is 0 Å². The number of aromatic nitrogens is 1. The molecular formula is C20H27N5O4. The minimum absolute atomic E-state index is 0.0272. The van der Waals surface area contributed by atoms with Gasteiger partial charge in [-0.1, -0.05) is 19.9 Å². The first-order valence-corrected chi connectivity index (χ1v) is 9.99. The molecule has 156 valence electrons. The van der Waals surface area contributed by atoms with Crippen molar-refractivity contribution in [2.45, 2.75) is 38.6 Å². The third kappa shape index (κ3) is 4.23. The smallest absolute Gasteiger partial charge is 0.325 e. The number of carbonyl (C=O) groups is 4. The molecule has 5 amide bonds. The highest BCUT2D eigenvalue weighted by Crippen LogP contribution is 2.24. The minimum atomic E-state index is -0.909. The number of hydrogen-bond acceptors (Lipinski definition) is 5. The van der Waals surface area contributed by atoms with Gasteiger partial charge in [-0.25, -0.2) is 4.79 Å². The number of rotatable bonds is 6. The van der Waals surface area contributed by atoms with Crippen molar-refractivity contribution in [2.24, 2.45) is 0 Å². The molecule has 3 heterocycles. The zero-order chi connectivity index (χ0) is 21.0. The number of imide groups is 1. The molecule has 9 nitrogen and oxygen atoms in total. The van der Waals surface area contributed by atoms with Gasteiger partial charge < -0.3 is 15.1 Å². The number of urea groups is 1. The summed E-state index contributed by atoms with van der Waals surface area (Å²) in [5.74, 6) is -0.654. The molecule has 0 aromatic carbocycles. The SMILES string of the molecule is CCC1(CC)NC(=O)N(CC(=O)N2CCN(C(=O)Cc3ccccn3)CC2)C1=O. The molecule has 0 radical (unpaired) electrons. The third-order valence-electron chi connectivity index (χ3n) is 5.79. The minimum Gasteiger partial charge on any atom is -0.339 e. The number of hydrogen-bond donors (Lipinski definition) is 1. The van der Waals surface area contributed by atoms with E-state index >= 15 is 0 Å². The summed E-state index contributed by atoms with van der Waals surface area (Å²) in [6.07, 6.45) is 2.85. The molecule has 2 saturated heterocycles. The van der Waals surface area contributed by atoms with Crippen LogP contribution < -0.4 is 5.32 Å². The first-order valence-electron chi connectivity index (χ1n) is 9.99. The molecule has 0 atom stereocenters. The lowest BCUT2D eigenvalue weighted by Gasteiger charge is -2.35. The Balaban J connectivity index is 1.52. The molecule has 0 saturated carbocycles. The average molecular weight is 401 g/mol. The Labute approximate surface area is 170 Å². The van der Waals surface area contributed by atoms with E-state index in [0.29, 0.717) is 44.7 Å². The standard InChI is InChI=1S/C20H27N5O4/c1-3-20(4-2)18(28)25(19(29)22-20)14-17(27)24-11-9-23(10-12-24)16(26)13-15-7-5-6-8-21-15/h5-8H,3-4,9-14H2,1-2H3,(H,22,29). The molecule has 0 aliphatic carbocycles. The van der Waals surface area contributed by atoms with Crippen molar-refractivity contribution in [2.75, 3.05) is 32.7 Å². The van der Waals surface area contributed by atoms with Gasteiger partial charge in [0.2, 0.25) is 11.8 Å². The van der Waals surface area contributed by atoms with Crippen molar-refractivity contribution in [3.8, 4) is 0 Å². The summed E-state index contributed by atoms with van der Waals surface area (Å²) in [6.45, 7) is 5.01. The fourth-order valence-electron chi connectivity index (χ4n) is 3.76. The second kappa shape index (κ2) is 8.59. The molecule has 1 N–H and O–H groups in total. The second-order valence-electron chi connectivity index (χ2n) is 7.37. The van der Waals surface area contributed by atoms with Crippen molar-refractivity contribution >= 4 is 23.8 Å². The van der Waals surface area contributed by atoms with Gasteiger partial charge in [-0.2, -0.15) is 0 Å². The van der Waals surface area contributed by atoms with Gasteiger partial charge in [0.15, 0.2) is 0 Å². The van der Waals surface area contributed by atoms with Crippen LogP contribution in [0.3, 0.4) is 0 Å². The fraction of sp³-hybridized carbons (Fsp3) is 0.550. The van der Waals surface area contributed by atoms with E-state index in [9.17, 15) is 19.2 Å². The molecule has 29 heavy (non-hydrogen) atoms. The van der Waals surface area contributed by atoms with E-state index in [-0.39, 0.29) is 30.7 Å². The van der Waals surface area contributed by atoms with Crippen LogP contribution in [0, 0.1) is 0 Å². The van der Waals surface area contributed by atoms with Crippen LogP contribution in [-0.4, -0.2) is 81.7 Å². The molecular weight excluding hydrogens is 374 g/mol.